The molecule has 2 aromatic carbocycles. The number of rotatable bonds is 8. The molecule has 6 heteroatoms. The Kier molecular flexibility index (Phi) is 6.27. The third kappa shape index (κ3) is 5.18. The van der Waals surface area contributed by atoms with Gasteiger partial charge in [0.2, 0.25) is 0 Å². The Morgan fingerprint density at radius 1 is 1.07 bits per heavy atom. The number of carbonyl (C=O) groups is 1. The lowest BCUT2D eigenvalue weighted by atomic mass is 10.0. The molecule has 0 aliphatic heterocycles. The smallest absolute Gasteiger partial charge is 0.303 e. The van der Waals surface area contributed by atoms with Crippen LogP contribution < -0.4 is 9.47 Å². The highest BCUT2D eigenvalue weighted by Gasteiger charge is 2.17. The van der Waals surface area contributed by atoms with Gasteiger partial charge in [-0.05, 0) is 67.5 Å². The van der Waals surface area contributed by atoms with E-state index in [0.29, 0.717) is 16.9 Å². The van der Waals surface area contributed by atoms with Gasteiger partial charge < -0.3 is 14.6 Å². The Labute approximate surface area is 156 Å². The maximum atomic E-state index is 14.3. The van der Waals surface area contributed by atoms with Crippen LogP contribution in [0.2, 0.25) is 0 Å². The SMILES string of the molecule is O=C(O)CCCOc1c(F)cc(-c2cccc(OC3CCCC3)c2)cc1F. The molecule has 0 heterocycles. The molecule has 4 nitrogen and oxygen atoms in total. The third-order valence-electron chi connectivity index (χ3n) is 4.55. The highest BCUT2D eigenvalue weighted by Crippen LogP contribution is 2.32. The van der Waals surface area contributed by atoms with Crippen molar-refractivity contribution in [3.63, 3.8) is 0 Å². The van der Waals surface area contributed by atoms with Crippen LogP contribution in [-0.2, 0) is 4.79 Å². The Hall–Kier alpha value is -2.63. The van der Waals surface area contributed by atoms with Gasteiger partial charge in [-0.25, -0.2) is 8.78 Å². The number of carboxylic acids is 1. The van der Waals surface area contributed by atoms with E-state index in [9.17, 15) is 13.6 Å². The van der Waals surface area contributed by atoms with Gasteiger partial charge >= 0.3 is 5.97 Å². The van der Waals surface area contributed by atoms with Crippen LogP contribution in [0.15, 0.2) is 36.4 Å². The van der Waals surface area contributed by atoms with Gasteiger partial charge in [0.05, 0.1) is 12.7 Å². The van der Waals surface area contributed by atoms with E-state index in [0.717, 1.165) is 25.7 Å². The number of halogens is 2. The van der Waals surface area contributed by atoms with E-state index >= 15 is 0 Å². The molecule has 2 aromatic rings. The summed E-state index contributed by atoms with van der Waals surface area (Å²) in [5.41, 5.74) is 1.04. The first-order chi connectivity index (χ1) is 13.0. The van der Waals surface area contributed by atoms with Gasteiger partial charge in [0.15, 0.2) is 17.4 Å². The zero-order valence-electron chi connectivity index (χ0n) is 14.9. The predicted octanol–water partition coefficient (Wildman–Crippen LogP) is 5.20. The van der Waals surface area contributed by atoms with E-state index < -0.39 is 23.4 Å². The zero-order chi connectivity index (χ0) is 19.2. The fourth-order valence-corrected chi connectivity index (χ4v) is 3.21. The summed E-state index contributed by atoms with van der Waals surface area (Å²) in [6.45, 7) is -0.0653. The van der Waals surface area contributed by atoms with Gasteiger partial charge in [-0.15, -0.1) is 0 Å². The summed E-state index contributed by atoms with van der Waals surface area (Å²) in [4.78, 5) is 10.5. The highest BCUT2D eigenvalue weighted by molar-refractivity contribution is 5.67. The number of carboxylic acid groups (broad SMARTS) is 1. The summed E-state index contributed by atoms with van der Waals surface area (Å²) in [6, 6.07) is 9.61. The Balaban J connectivity index is 1.72. The second kappa shape index (κ2) is 8.84. The van der Waals surface area contributed by atoms with E-state index in [4.69, 9.17) is 14.6 Å². The van der Waals surface area contributed by atoms with Crippen LogP contribution in [0.25, 0.3) is 11.1 Å². The minimum atomic E-state index is -0.977. The van der Waals surface area contributed by atoms with E-state index in [-0.39, 0.29) is 25.6 Å². The summed E-state index contributed by atoms with van der Waals surface area (Å²) in [5.74, 6) is -2.41. The largest absolute Gasteiger partial charge is 0.490 e. The van der Waals surface area contributed by atoms with Crippen LogP contribution in [0.4, 0.5) is 8.78 Å². The molecule has 3 rings (SSSR count). The third-order valence-corrected chi connectivity index (χ3v) is 4.55. The van der Waals surface area contributed by atoms with Gasteiger partial charge in [-0.2, -0.15) is 0 Å². The van der Waals surface area contributed by atoms with E-state index in [2.05, 4.69) is 0 Å². The quantitative estimate of drug-likeness (QED) is 0.644. The van der Waals surface area contributed by atoms with Crippen molar-refractivity contribution in [2.75, 3.05) is 6.61 Å². The predicted molar refractivity (Wildman–Crippen MR) is 97.0 cm³/mol. The standard InChI is InChI=1S/C21H22F2O4/c22-18-12-15(13-19(23)21(18)26-10-4-9-20(24)25)14-5-3-8-17(11-14)27-16-6-1-2-7-16/h3,5,8,11-13,16H,1-2,4,6-7,9-10H2,(H,24,25). The van der Waals surface area contributed by atoms with Crippen LogP contribution in [0.3, 0.4) is 0 Å². The molecule has 1 aliphatic rings. The van der Waals surface area contributed by atoms with Crippen molar-refractivity contribution in [3.05, 3.63) is 48.0 Å². The number of hydrogen-bond acceptors (Lipinski definition) is 3. The van der Waals surface area contributed by atoms with E-state index in [1.807, 2.05) is 6.07 Å². The van der Waals surface area contributed by atoms with Crippen molar-refractivity contribution in [1.29, 1.82) is 0 Å². The second-order valence-electron chi connectivity index (χ2n) is 6.67. The molecule has 0 spiro atoms. The first-order valence-corrected chi connectivity index (χ1v) is 9.13. The van der Waals surface area contributed by atoms with Gasteiger partial charge in [-0.1, -0.05) is 12.1 Å². The van der Waals surface area contributed by atoms with Gasteiger partial charge in [0.25, 0.3) is 0 Å². The number of hydrogen-bond donors (Lipinski definition) is 1. The second-order valence-corrected chi connectivity index (χ2v) is 6.67. The van der Waals surface area contributed by atoms with Crippen molar-refractivity contribution in [2.45, 2.75) is 44.6 Å². The molecule has 144 valence electrons. The van der Waals surface area contributed by atoms with E-state index in [1.54, 1.807) is 18.2 Å². The van der Waals surface area contributed by atoms with Crippen molar-refractivity contribution in [3.8, 4) is 22.6 Å². The summed E-state index contributed by atoms with van der Waals surface area (Å²) >= 11 is 0. The fraction of sp³-hybridized carbons (Fsp3) is 0.381. The molecule has 1 fully saturated rings. The molecule has 1 saturated carbocycles. The molecule has 1 aliphatic carbocycles. The van der Waals surface area contributed by atoms with Crippen molar-refractivity contribution >= 4 is 5.97 Å². The average molecular weight is 376 g/mol. The minimum absolute atomic E-state index is 0.0653. The highest BCUT2D eigenvalue weighted by atomic mass is 19.1. The topological polar surface area (TPSA) is 55.8 Å². The summed E-state index contributed by atoms with van der Waals surface area (Å²) < 4.78 is 39.6. The van der Waals surface area contributed by atoms with Crippen LogP contribution in [0.5, 0.6) is 11.5 Å². The molecule has 0 amide bonds. The lowest BCUT2D eigenvalue weighted by Crippen LogP contribution is -2.10. The van der Waals surface area contributed by atoms with Crippen LogP contribution >= 0.6 is 0 Å². The van der Waals surface area contributed by atoms with Crippen LogP contribution in [0.1, 0.15) is 38.5 Å². The van der Waals surface area contributed by atoms with Gasteiger partial charge in [0, 0.05) is 6.42 Å². The molecule has 27 heavy (non-hydrogen) atoms. The molecule has 0 atom stereocenters. The normalized spacial score (nSPS) is 14.3. The van der Waals surface area contributed by atoms with Crippen molar-refractivity contribution in [1.82, 2.24) is 0 Å². The summed E-state index contributed by atoms with van der Waals surface area (Å²) in [5, 5.41) is 8.58. The summed E-state index contributed by atoms with van der Waals surface area (Å²) in [7, 11) is 0. The molecule has 0 saturated heterocycles. The maximum Gasteiger partial charge on any atom is 0.303 e. The fourth-order valence-electron chi connectivity index (χ4n) is 3.21. The van der Waals surface area contributed by atoms with Crippen molar-refractivity contribution in [2.24, 2.45) is 0 Å². The molecular formula is C21H22F2O4. The lowest BCUT2D eigenvalue weighted by Gasteiger charge is -2.14. The molecular weight excluding hydrogens is 354 g/mol. The first kappa shape index (κ1) is 19.1. The van der Waals surface area contributed by atoms with Crippen LogP contribution in [0, 0.1) is 11.6 Å². The Morgan fingerprint density at radius 3 is 2.44 bits per heavy atom. The number of benzene rings is 2. The average Bonchev–Trinajstić information content (AvgIpc) is 3.13. The van der Waals surface area contributed by atoms with E-state index in [1.165, 1.54) is 12.1 Å². The number of aliphatic carboxylic acids is 1. The van der Waals surface area contributed by atoms with Crippen LogP contribution in [-0.4, -0.2) is 23.8 Å². The van der Waals surface area contributed by atoms with Crippen molar-refractivity contribution < 1.29 is 28.2 Å². The van der Waals surface area contributed by atoms with Gasteiger partial charge in [-0.3, -0.25) is 4.79 Å². The molecule has 1 N–H and O–H groups in total. The molecule has 0 radical (unpaired) electrons. The molecule has 0 bridgehead atoms. The minimum Gasteiger partial charge on any atom is -0.490 e. The summed E-state index contributed by atoms with van der Waals surface area (Å²) in [6.07, 6.45) is 4.65. The van der Waals surface area contributed by atoms with Gasteiger partial charge in [0.1, 0.15) is 5.75 Å². The first-order valence-electron chi connectivity index (χ1n) is 9.13. The Morgan fingerprint density at radius 2 is 1.78 bits per heavy atom. The lowest BCUT2D eigenvalue weighted by molar-refractivity contribution is -0.137. The molecule has 0 aromatic heterocycles. The zero-order valence-corrected chi connectivity index (χ0v) is 14.9. The Bertz CT molecular complexity index is 778. The molecule has 0 unspecified atom stereocenters. The monoisotopic (exact) mass is 376 g/mol. The number of ether oxygens (including phenoxy) is 2. The maximum absolute atomic E-state index is 14.3.